The van der Waals surface area contributed by atoms with Gasteiger partial charge in [-0.1, -0.05) is 27.7 Å². The molecule has 4 fully saturated rings. The van der Waals surface area contributed by atoms with E-state index >= 15 is 0 Å². The van der Waals surface area contributed by atoms with Gasteiger partial charge < -0.3 is 25.5 Å². The van der Waals surface area contributed by atoms with E-state index in [1.54, 1.807) is 0 Å². The van der Waals surface area contributed by atoms with Crippen molar-refractivity contribution in [1.29, 1.82) is 0 Å². The van der Waals surface area contributed by atoms with Crippen LogP contribution in [0.25, 0.3) is 0 Å². The van der Waals surface area contributed by atoms with E-state index in [2.05, 4.69) is 20.8 Å². The van der Waals surface area contributed by atoms with E-state index in [1.807, 2.05) is 6.92 Å². The van der Waals surface area contributed by atoms with E-state index in [1.165, 1.54) is 0 Å². The van der Waals surface area contributed by atoms with Crippen molar-refractivity contribution in [1.82, 2.24) is 0 Å². The molecule has 4 rings (SSSR count). The first-order valence-electron chi connectivity index (χ1n) is 13.4. The Morgan fingerprint density at radius 2 is 1.62 bits per heavy atom. The van der Waals surface area contributed by atoms with Crippen LogP contribution in [-0.2, 0) is 0 Å². The molecule has 5 heteroatoms. The van der Waals surface area contributed by atoms with E-state index in [4.69, 9.17) is 0 Å². The summed E-state index contributed by atoms with van der Waals surface area (Å²) in [7, 11) is 0. The van der Waals surface area contributed by atoms with Crippen molar-refractivity contribution in [3.63, 3.8) is 0 Å². The highest BCUT2D eigenvalue weighted by Crippen LogP contribution is 2.68. The molecule has 0 saturated heterocycles. The highest BCUT2D eigenvalue weighted by Gasteiger charge is 2.65. The van der Waals surface area contributed by atoms with Crippen LogP contribution in [0.4, 0.5) is 0 Å². The molecule has 0 aliphatic heterocycles. The van der Waals surface area contributed by atoms with Gasteiger partial charge in [-0.25, -0.2) is 0 Å². The Kier molecular flexibility index (Phi) is 7.09. The van der Waals surface area contributed by atoms with Crippen LogP contribution in [0.5, 0.6) is 0 Å². The molecule has 0 spiro atoms. The van der Waals surface area contributed by atoms with E-state index in [9.17, 15) is 25.5 Å². The van der Waals surface area contributed by atoms with Gasteiger partial charge in [-0.2, -0.15) is 0 Å². The molecule has 0 heterocycles. The van der Waals surface area contributed by atoms with E-state index in [0.717, 1.165) is 51.4 Å². The summed E-state index contributed by atoms with van der Waals surface area (Å²) in [6.45, 7) is 8.82. The van der Waals surface area contributed by atoms with Crippen LogP contribution in [0.2, 0.25) is 0 Å². The number of aliphatic hydroxyl groups excluding tert-OH is 5. The average molecular weight is 453 g/mol. The molecule has 0 aromatic rings. The van der Waals surface area contributed by atoms with Crippen molar-refractivity contribution in [2.24, 2.45) is 52.3 Å². The zero-order valence-electron chi connectivity index (χ0n) is 20.7. The zero-order valence-corrected chi connectivity index (χ0v) is 20.7. The first kappa shape index (κ1) is 24.9. The van der Waals surface area contributed by atoms with Crippen LogP contribution < -0.4 is 0 Å². The summed E-state index contributed by atoms with van der Waals surface area (Å²) in [4.78, 5) is 0. The molecule has 186 valence electrons. The first-order valence-corrected chi connectivity index (χ1v) is 13.4. The van der Waals surface area contributed by atoms with Gasteiger partial charge in [-0.05, 0) is 104 Å². The van der Waals surface area contributed by atoms with Gasteiger partial charge in [0.1, 0.15) is 0 Å². The minimum Gasteiger partial charge on any atom is -0.396 e. The third-order valence-corrected chi connectivity index (χ3v) is 11.4. The molecule has 0 aromatic carbocycles. The van der Waals surface area contributed by atoms with Crippen LogP contribution in [-0.4, -0.2) is 56.6 Å². The van der Waals surface area contributed by atoms with E-state index in [-0.39, 0.29) is 47.6 Å². The van der Waals surface area contributed by atoms with E-state index in [0.29, 0.717) is 36.0 Å². The molecule has 0 aromatic heterocycles. The van der Waals surface area contributed by atoms with Gasteiger partial charge >= 0.3 is 0 Å². The number of hydrogen-bond donors (Lipinski definition) is 5. The summed E-state index contributed by atoms with van der Waals surface area (Å²) in [5, 5.41) is 52.9. The summed E-state index contributed by atoms with van der Waals surface area (Å²) in [5.74, 6) is 1.96. The van der Waals surface area contributed by atoms with Crippen molar-refractivity contribution in [3.05, 3.63) is 0 Å². The fourth-order valence-corrected chi connectivity index (χ4v) is 9.17. The number of aliphatic hydroxyl groups is 5. The molecule has 4 aliphatic carbocycles. The summed E-state index contributed by atoms with van der Waals surface area (Å²) in [6.07, 6.45) is 6.54. The quantitative estimate of drug-likeness (QED) is 0.425. The lowest BCUT2D eigenvalue weighted by Crippen LogP contribution is -2.62. The normalized spacial score (nSPS) is 51.3. The molecule has 5 N–H and O–H groups in total. The molecule has 32 heavy (non-hydrogen) atoms. The van der Waals surface area contributed by atoms with Gasteiger partial charge in [0.05, 0.1) is 24.4 Å². The average Bonchev–Trinajstić information content (AvgIpc) is 3.11. The van der Waals surface area contributed by atoms with Crippen molar-refractivity contribution in [2.45, 2.75) is 110 Å². The van der Waals surface area contributed by atoms with Crippen molar-refractivity contribution in [2.75, 3.05) is 6.61 Å². The summed E-state index contributed by atoms with van der Waals surface area (Å²) in [6, 6.07) is 0. The van der Waals surface area contributed by atoms with Crippen LogP contribution in [0.3, 0.4) is 0 Å². The number of hydrogen-bond acceptors (Lipinski definition) is 5. The second kappa shape index (κ2) is 9.11. The maximum Gasteiger partial charge on any atom is 0.0602 e. The predicted molar refractivity (Wildman–Crippen MR) is 125 cm³/mol. The highest BCUT2D eigenvalue weighted by molar-refractivity contribution is 5.14. The van der Waals surface area contributed by atoms with Gasteiger partial charge in [-0.15, -0.1) is 0 Å². The van der Waals surface area contributed by atoms with Gasteiger partial charge in [0, 0.05) is 12.5 Å². The third-order valence-electron chi connectivity index (χ3n) is 11.4. The Bertz CT molecular complexity index is 656. The Hall–Kier alpha value is -0.200. The summed E-state index contributed by atoms with van der Waals surface area (Å²) in [5.41, 5.74) is -0.0772. The summed E-state index contributed by atoms with van der Waals surface area (Å²) >= 11 is 0. The number of fused-ring (bicyclic) bond motifs is 5. The molecule has 0 amide bonds. The lowest BCUT2D eigenvalue weighted by Gasteiger charge is -2.63. The molecule has 0 radical (unpaired) electrons. The van der Waals surface area contributed by atoms with Gasteiger partial charge in [0.2, 0.25) is 0 Å². The maximum absolute atomic E-state index is 11.6. The Morgan fingerprint density at radius 3 is 2.31 bits per heavy atom. The van der Waals surface area contributed by atoms with Crippen LogP contribution in [0, 0.1) is 52.3 Å². The van der Waals surface area contributed by atoms with Crippen LogP contribution in [0.15, 0.2) is 0 Å². The van der Waals surface area contributed by atoms with Crippen molar-refractivity contribution >= 4 is 0 Å². The molecule has 13 atom stereocenters. The lowest BCUT2D eigenvalue weighted by molar-refractivity contribution is -0.207. The molecular formula is C27H48O5. The van der Waals surface area contributed by atoms with Crippen LogP contribution in [0.1, 0.15) is 85.5 Å². The van der Waals surface area contributed by atoms with Crippen LogP contribution >= 0.6 is 0 Å². The predicted octanol–water partition coefficient (Wildman–Crippen LogP) is 3.35. The minimum absolute atomic E-state index is 0.00915. The van der Waals surface area contributed by atoms with E-state index < -0.39 is 6.10 Å². The minimum atomic E-state index is -0.480. The molecule has 4 saturated carbocycles. The summed E-state index contributed by atoms with van der Waals surface area (Å²) < 4.78 is 0. The molecule has 0 bridgehead atoms. The first-order chi connectivity index (χ1) is 15.0. The fraction of sp³-hybridized carbons (Fsp3) is 1.00. The van der Waals surface area contributed by atoms with Gasteiger partial charge in [0.25, 0.3) is 0 Å². The van der Waals surface area contributed by atoms with Crippen molar-refractivity contribution < 1.29 is 25.5 Å². The second-order valence-corrected chi connectivity index (χ2v) is 12.8. The molecular weight excluding hydrogens is 404 g/mol. The number of rotatable bonds is 6. The Labute approximate surface area is 194 Å². The SMILES string of the molecule is CC(CO)[C@@H](O)CC[C@@H](C)[C@H]1CC[C@H]2[C@@H]3[C@H](O)CC4C[C@H](O)CC[C@]4(C)[C@H]3C[C@H](O)[C@]12C. The smallest absolute Gasteiger partial charge is 0.0602 e. The fourth-order valence-electron chi connectivity index (χ4n) is 9.17. The van der Waals surface area contributed by atoms with Crippen molar-refractivity contribution in [3.8, 4) is 0 Å². The monoisotopic (exact) mass is 452 g/mol. The van der Waals surface area contributed by atoms with Gasteiger partial charge in [-0.3, -0.25) is 0 Å². The topological polar surface area (TPSA) is 101 Å². The maximum atomic E-state index is 11.6. The molecule has 5 nitrogen and oxygen atoms in total. The highest BCUT2D eigenvalue weighted by atomic mass is 16.3. The lowest BCUT2D eigenvalue weighted by atomic mass is 9.43. The Morgan fingerprint density at radius 1 is 0.906 bits per heavy atom. The molecule has 2 unspecified atom stereocenters. The molecule has 4 aliphatic rings. The zero-order chi connectivity index (χ0) is 23.4. The largest absolute Gasteiger partial charge is 0.396 e. The van der Waals surface area contributed by atoms with Gasteiger partial charge in [0.15, 0.2) is 0 Å². The standard InChI is InChI=1S/C27H48O5/c1-15(5-8-22(30)16(2)14-28)19-6-7-20-25-21(13-24(32)27(19,20)4)26(3)10-9-18(29)11-17(26)12-23(25)31/h15-25,28-32H,5-14H2,1-4H3/t15-,16?,17?,18-,19-,20+,21+,22+,23-,24+,25+,26+,27-/m1/s1. The second-order valence-electron chi connectivity index (χ2n) is 12.8. The third kappa shape index (κ3) is 3.88. The Balaban J connectivity index is 1.53.